The third-order valence-electron chi connectivity index (χ3n) is 3.63. The highest BCUT2D eigenvalue weighted by atomic mass is 35.5. The Labute approximate surface area is 114 Å². The molecule has 2 amide bonds. The lowest BCUT2D eigenvalue weighted by atomic mass is 9.98. The molecule has 4 nitrogen and oxygen atoms in total. The molecule has 0 aliphatic carbocycles. The highest BCUT2D eigenvalue weighted by molar-refractivity contribution is 6.27. The Morgan fingerprint density at radius 2 is 1.83 bits per heavy atom. The normalized spacial score (nSPS) is 17.0. The van der Waals surface area contributed by atoms with Gasteiger partial charge in [-0.15, -0.1) is 11.6 Å². The van der Waals surface area contributed by atoms with Crippen molar-refractivity contribution in [3.05, 3.63) is 0 Å². The van der Waals surface area contributed by atoms with Gasteiger partial charge in [0, 0.05) is 25.0 Å². The zero-order valence-electron chi connectivity index (χ0n) is 11.2. The van der Waals surface area contributed by atoms with E-state index in [-0.39, 0.29) is 29.7 Å². The highest BCUT2D eigenvalue weighted by Crippen LogP contribution is 2.17. The first-order chi connectivity index (χ1) is 8.62. The summed E-state index contributed by atoms with van der Waals surface area (Å²) in [6, 6.07) is 0.169. The predicted octanol–water partition coefficient (Wildman–Crippen LogP) is 1.77. The van der Waals surface area contributed by atoms with Gasteiger partial charge in [-0.2, -0.15) is 0 Å². The molecule has 0 aromatic heterocycles. The van der Waals surface area contributed by atoms with Gasteiger partial charge in [-0.3, -0.25) is 9.59 Å². The van der Waals surface area contributed by atoms with Crippen LogP contribution < -0.4 is 5.32 Å². The molecular formula is C13H23ClN2O2. The summed E-state index contributed by atoms with van der Waals surface area (Å²) in [7, 11) is 0. The Kier molecular flexibility index (Phi) is 6.47. The molecule has 1 rings (SSSR count). The third kappa shape index (κ3) is 4.16. The predicted molar refractivity (Wildman–Crippen MR) is 72.5 cm³/mol. The second-order valence-electron chi connectivity index (χ2n) is 4.81. The van der Waals surface area contributed by atoms with Gasteiger partial charge < -0.3 is 10.2 Å². The molecule has 0 aromatic carbocycles. The van der Waals surface area contributed by atoms with E-state index in [1.807, 2.05) is 4.90 Å². The molecule has 0 aromatic rings. The maximum atomic E-state index is 12.2. The molecule has 1 heterocycles. The average molecular weight is 275 g/mol. The first-order valence-corrected chi connectivity index (χ1v) is 7.29. The van der Waals surface area contributed by atoms with Crippen molar-refractivity contribution >= 4 is 23.4 Å². The Morgan fingerprint density at radius 3 is 2.28 bits per heavy atom. The lowest BCUT2D eigenvalue weighted by Crippen LogP contribution is -2.48. The van der Waals surface area contributed by atoms with E-state index in [4.69, 9.17) is 11.6 Å². The number of likely N-dealkylation sites (tertiary alicyclic amines) is 1. The van der Waals surface area contributed by atoms with Crippen LogP contribution in [0.3, 0.4) is 0 Å². The standard InChI is InChI=1S/C13H23ClN2O2/c1-3-10(4-2)13(18)16-7-5-11(6-8-16)15-12(17)9-14/h10-11H,3-9H2,1-2H3,(H,15,17). The van der Waals surface area contributed by atoms with Crippen molar-refractivity contribution in [2.24, 2.45) is 5.92 Å². The van der Waals surface area contributed by atoms with Gasteiger partial charge in [0.2, 0.25) is 11.8 Å². The van der Waals surface area contributed by atoms with Crippen LogP contribution >= 0.6 is 11.6 Å². The van der Waals surface area contributed by atoms with Crippen molar-refractivity contribution in [3.8, 4) is 0 Å². The number of nitrogens with one attached hydrogen (secondary N) is 1. The van der Waals surface area contributed by atoms with Crippen LogP contribution in [0.15, 0.2) is 0 Å². The smallest absolute Gasteiger partial charge is 0.235 e. The van der Waals surface area contributed by atoms with E-state index in [1.165, 1.54) is 0 Å². The molecule has 5 heteroatoms. The number of halogens is 1. The fourth-order valence-corrected chi connectivity index (χ4v) is 2.48. The molecule has 1 aliphatic rings. The summed E-state index contributed by atoms with van der Waals surface area (Å²) in [5.41, 5.74) is 0. The number of amides is 2. The topological polar surface area (TPSA) is 49.4 Å². The lowest BCUT2D eigenvalue weighted by Gasteiger charge is -2.34. The quantitative estimate of drug-likeness (QED) is 0.777. The summed E-state index contributed by atoms with van der Waals surface area (Å²) in [5.74, 6) is 0.301. The van der Waals surface area contributed by atoms with Crippen LogP contribution in [0.1, 0.15) is 39.5 Å². The van der Waals surface area contributed by atoms with Gasteiger partial charge in [0.1, 0.15) is 5.88 Å². The molecule has 0 unspecified atom stereocenters. The number of hydrogen-bond donors (Lipinski definition) is 1. The minimum Gasteiger partial charge on any atom is -0.352 e. The van der Waals surface area contributed by atoms with E-state index >= 15 is 0 Å². The van der Waals surface area contributed by atoms with E-state index in [0.717, 1.165) is 38.8 Å². The van der Waals surface area contributed by atoms with E-state index in [1.54, 1.807) is 0 Å². The Bertz CT molecular complexity index is 285. The van der Waals surface area contributed by atoms with Gasteiger partial charge >= 0.3 is 0 Å². The summed E-state index contributed by atoms with van der Waals surface area (Å²) in [6.07, 6.45) is 3.46. The van der Waals surface area contributed by atoms with Gasteiger partial charge in [-0.05, 0) is 25.7 Å². The number of nitrogens with zero attached hydrogens (tertiary/aromatic N) is 1. The Morgan fingerprint density at radius 1 is 1.28 bits per heavy atom. The summed E-state index contributed by atoms with van der Waals surface area (Å²) < 4.78 is 0. The zero-order chi connectivity index (χ0) is 13.5. The van der Waals surface area contributed by atoms with Gasteiger partial charge in [0.15, 0.2) is 0 Å². The summed E-state index contributed by atoms with van der Waals surface area (Å²) in [5, 5.41) is 2.88. The zero-order valence-corrected chi connectivity index (χ0v) is 12.0. The van der Waals surface area contributed by atoms with Crippen LogP contribution in [0.2, 0.25) is 0 Å². The van der Waals surface area contributed by atoms with E-state index < -0.39 is 0 Å². The first kappa shape index (κ1) is 15.3. The van der Waals surface area contributed by atoms with Crippen molar-refractivity contribution in [2.75, 3.05) is 19.0 Å². The molecule has 1 saturated heterocycles. The van der Waals surface area contributed by atoms with Crippen molar-refractivity contribution in [1.29, 1.82) is 0 Å². The number of hydrogen-bond acceptors (Lipinski definition) is 2. The van der Waals surface area contributed by atoms with Gasteiger partial charge in [0.25, 0.3) is 0 Å². The van der Waals surface area contributed by atoms with Gasteiger partial charge in [0.05, 0.1) is 0 Å². The lowest BCUT2D eigenvalue weighted by molar-refractivity contribution is -0.136. The molecule has 0 spiro atoms. The largest absolute Gasteiger partial charge is 0.352 e. The van der Waals surface area contributed by atoms with E-state index in [0.29, 0.717) is 0 Å². The summed E-state index contributed by atoms with van der Waals surface area (Å²) in [6.45, 7) is 5.59. The maximum Gasteiger partial charge on any atom is 0.235 e. The monoisotopic (exact) mass is 274 g/mol. The van der Waals surface area contributed by atoms with Crippen LogP contribution in [0.4, 0.5) is 0 Å². The van der Waals surface area contributed by atoms with Gasteiger partial charge in [-0.25, -0.2) is 0 Å². The number of carbonyl (C=O) groups excluding carboxylic acids is 2. The maximum absolute atomic E-state index is 12.2. The van der Waals surface area contributed by atoms with Gasteiger partial charge in [-0.1, -0.05) is 13.8 Å². The van der Waals surface area contributed by atoms with Crippen molar-refractivity contribution in [3.63, 3.8) is 0 Å². The fraction of sp³-hybridized carbons (Fsp3) is 0.846. The minimum absolute atomic E-state index is 0.00683. The second kappa shape index (κ2) is 7.62. The van der Waals surface area contributed by atoms with Crippen LogP contribution in [0, 0.1) is 5.92 Å². The van der Waals surface area contributed by atoms with Crippen LogP contribution in [0.25, 0.3) is 0 Å². The number of alkyl halides is 1. The minimum atomic E-state index is -0.124. The van der Waals surface area contributed by atoms with Crippen molar-refractivity contribution < 1.29 is 9.59 Å². The molecule has 104 valence electrons. The van der Waals surface area contributed by atoms with Crippen LogP contribution in [0.5, 0.6) is 0 Å². The fourth-order valence-electron chi connectivity index (χ4n) is 2.41. The molecule has 0 bridgehead atoms. The van der Waals surface area contributed by atoms with Crippen molar-refractivity contribution in [2.45, 2.75) is 45.6 Å². The molecule has 1 fully saturated rings. The SMILES string of the molecule is CCC(CC)C(=O)N1CCC(NC(=O)CCl)CC1. The van der Waals surface area contributed by atoms with E-state index in [2.05, 4.69) is 19.2 Å². The number of rotatable bonds is 5. The summed E-state index contributed by atoms with van der Waals surface area (Å²) >= 11 is 5.45. The first-order valence-electron chi connectivity index (χ1n) is 6.76. The van der Waals surface area contributed by atoms with Crippen LogP contribution in [-0.4, -0.2) is 41.7 Å². The second-order valence-corrected chi connectivity index (χ2v) is 5.08. The van der Waals surface area contributed by atoms with E-state index in [9.17, 15) is 9.59 Å². The Balaban J connectivity index is 2.39. The molecular weight excluding hydrogens is 252 g/mol. The molecule has 0 atom stereocenters. The Hall–Kier alpha value is -0.770. The molecule has 0 radical (unpaired) electrons. The van der Waals surface area contributed by atoms with Crippen molar-refractivity contribution in [1.82, 2.24) is 10.2 Å². The molecule has 1 N–H and O–H groups in total. The molecule has 0 saturated carbocycles. The molecule has 18 heavy (non-hydrogen) atoms. The number of carbonyl (C=O) groups is 2. The summed E-state index contributed by atoms with van der Waals surface area (Å²) in [4.78, 5) is 25.3. The third-order valence-corrected chi connectivity index (χ3v) is 3.87. The average Bonchev–Trinajstić information content (AvgIpc) is 2.40. The highest BCUT2D eigenvalue weighted by Gasteiger charge is 2.26. The number of piperidine rings is 1. The van der Waals surface area contributed by atoms with Crippen LogP contribution in [-0.2, 0) is 9.59 Å². The molecule has 1 aliphatic heterocycles.